The van der Waals surface area contributed by atoms with Gasteiger partial charge in [-0.05, 0) is 31.5 Å². The maximum atomic E-state index is 10.8. The number of rotatable bonds is 5. The first-order valence-electron chi connectivity index (χ1n) is 5.05. The van der Waals surface area contributed by atoms with Crippen molar-refractivity contribution >= 4 is 29.3 Å². The molecule has 0 bridgehead atoms. The number of hydrogen-bond donors (Lipinski definition) is 2. The van der Waals surface area contributed by atoms with E-state index in [9.17, 15) is 4.79 Å². The number of thioether (sulfide) groups is 1. The van der Waals surface area contributed by atoms with Crippen LogP contribution in [0.5, 0.6) is 0 Å². The van der Waals surface area contributed by atoms with Crippen molar-refractivity contribution in [1.29, 1.82) is 0 Å². The molecule has 0 radical (unpaired) electrons. The number of carboxylic acids is 1. The normalized spacial score (nSPS) is 13.4. The van der Waals surface area contributed by atoms with E-state index in [2.05, 4.69) is 4.98 Å². The van der Waals surface area contributed by atoms with E-state index in [4.69, 9.17) is 22.4 Å². The molecule has 0 amide bonds. The number of aromatic nitrogens is 1. The summed E-state index contributed by atoms with van der Waals surface area (Å²) in [5.74, 6) is -0.341. The van der Waals surface area contributed by atoms with Crippen molar-refractivity contribution in [2.75, 3.05) is 0 Å². The standard InChI is InChI=1S/C11H15ClN2O2S/c1-11(2,9(13)10(15)16)17-6-7-3-4-14-8(12)5-7/h3-5,9H,6,13H2,1-2H3,(H,15,16)/t9-/m0/s1. The third-order valence-electron chi connectivity index (χ3n) is 2.42. The molecule has 1 rings (SSSR count). The summed E-state index contributed by atoms with van der Waals surface area (Å²) in [7, 11) is 0. The van der Waals surface area contributed by atoms with Gasteiger partial charge in [0.1, 0.15) is 11.2 Å². The van der Waals surface area contributed by atoms with Gasteiger partial charge >= 0.3 is 5.97 Å². The predicted octanol–water partition coefficient (Wildman–Crippen LogP) is 2.16. The van der Waals surface area contributed by atoms with Crippen LogP contribution in [0, 0.1) is 0 Å². The Morgan fingerprint density at radius 3 is 2.88 bits per heavy atom. The zero-order chi connectivity index (χ0) is 13.1. The SMILES string of the molecule is CC(C)(SCc1ccnc(Cl)c1)[C@@H](N)C(=O)O. The van der Waals surface area contributed by atoms with Gasteiger partial charge in [0.2, 0.25) is 0 Å². The highest BCUT2D eigenvalue weighted by atomic mass is 35.5. The van der Waals surface area contributed by atoms with Crippen LogP contribution in [0.3, 0.4) is 0 Å². The largest absolute Gasteiger partial charge is 0.480 e. The van der Waals surface area contributed by atoms with E-state index in [1.807, 2.05) is 19.9 Å². The molecular weight excluding hydrogens is 260 g/mol. The second-order valence-corrected chi connectivity index (χ2v) is 6.21. The van der Waals surface area contributed by atoms with Gasteiger partial charge in [0.15, 0.2) is 0 Å². The Labute approximate surface area is 110 Å². The molecule has 17 heavy (non-hydrogen) atoms. The minimum atomic E-state index is -0.990. The van der Waals surface area contributed by atoms with Crippen molar-refractivity contribution in [2.24, 2.45) is 5.73 Å². The molecule has 1 aromatic heterocycles. The summed E-state index contributed by atoms with van der Waals surface area (Å²) in [5.41, 5.74) is 6.63. The topological polar surface area (TPSA) is 76.2 Å². The van der Waals surface area contributed by atoms with Crippen LogP contribution in [0.15, 0.2) is 18.3 Å². The van der Waals surface area contributed by atoms with E-state index in [0.717, 1.165) is 5.56 Å². The quantitative estimate of drug-likeness (QED) is 0.805. The lowest BCUT2D eigenvalue weighted by Crippen LogP contribution is -2.46. The highest BCUT2D eigenvalue weighted by molar-refractivity contribution is 7.99. The van der Waals surface area contributed by atoms with Crippen molar-refractivity contribution in [3.63, 3.8) is 0 Å². The van der Waals surface area contributed by atoms with Crippen molar-refractivity contribution in [3.8, 4) is 0 Å². The lowest BCUT2D eigenvalue weighted by Gasteiger charge is -2.27. The Morgan fingerprint density at radius 2 is 2.35 bits per heavy atom. The molecule has 4 nitrogen and oxygen atoms in total. The average molecular weight is 275 g/mol. The van der Waals surface area contributed by atoms with Gasteiger partial charge in [-0.25, -0.2) is 4.98 Å². The van der Waals surface area contributed by atoms with Crippen molar-refractivity contribution < 1.29 is 9.90 Å². The summed E-state index contributed by atoms with van der Waals surface area (Å²) in [6.07, 6.45) is 1.63. The first-order valence-corrected chi connectivity index (χ1v) is 6.42. The Hall–Kier alpha value is -0.780. The van der Waals surface area contributed by atoms with Crippen LogP contribution in [0.4, 0.5) is 0 Å². The monoisotopic (exact) mass is 274 g/mol. The summed E-state index contributed by atoms with van der Waals surface area (Å²) in [4.78, 5) is 14.7. The molecule has 0 saturated heterocycles. The van der Waals surface area contributed by atoms with E-state index in [1.165, 1.54) is 11.8 Å². The molecule has 0 aliphatic rings. The zero-order valence-corrected chi connectivity index (χ0v) is 11.3. The van der Waals surface area contributed by atoms with E-state index < -0.39 is 16.8 Å². The van der Waals surface area contributed by atoms with Crippen molar-refractivity contribution in [2.45, 2.75) is 30.4 Å². The maximum absolute atomic E-state index is 10.8. The molecule has 0 aliphatic carbocycles. The van der Waals surface area contributed by atoms with Gasteiger partial charge in [0.05, 0.1) is 0 Å². The minimum Gasteiger partial charge on any atom is -0.480 e. The predicted molar refractivity (Wildman–Crippen MR) is 70.2 cm³/mol. The molecular formula is C11H15ClN2O2S. The smallest absolute Gasteiger partial charge is 0.321 e. The third kappa shape index (κ3) is 4.18. The minimum absolute atomic E-state index is 0.434. The number of nitrogens with zero attached hydrogens (tertiary/aromatic N) is 1. The number of hydrogen-bond acceptors (Lipinski definition) is 4. The number of carboxylic acid groups (broad SMARTS) is 1. The highest BCUT2D eigenvalue weighted by Gasteiger charge is 2.32. The van der Waals surface area contributed by atoms with Gasteiger partial charge in [-0.15, -0.1) is 11.8 Å². The van der Waals surface area contributed by atoms with Crippen molar-refractivity contribution in [3.05, 3.63) is 29.0 Å². The fourth-order valence-electron chi connectivity index (χ4n) is 1.19. The summed E-state index contributed by atoms with van der Waals surface area (Å²) >= 11 is 7.25. The third-order valence-corrected chi connectivity index (χ3v) is 4.10. The number of halogens is 1. The van der Waals surface area contributed by atoms with Crippen LogP contribution in [-0.2, 0) is 10.5 Å². The van der Waals surface area contributed by atoms with Gasteiger partial charge in [0.25, 0.3) is 0 Å². The lowest BCUT2D eigenvalue weighted by molar-refractivity contribution is -0.139. The second kappa shape index (κ2) is 5.71. The molecule has 0 spiro atoms. The van der Waals surface area contributed by atoms with Crippen LogP contribution >= 0.6 is 23.4 Å². The summed E-state index contributed by atoms with van der Waals surface area (Å²) in [6, 6.07) is 2.71. The average Bonchev–Trinajstić information content (AvgIpc) is 2.25. The Bertz CT molecular complexity index is 412. The first kappa shape index (κ1) is 14.3. The molecule has 3 N–H and O–H groups in total. The van der Waals surface area contributed by atoms with Crippen LogP contribution in [0.1, 0.15) is 19.4 Å². The van der Waals surface area contributed by atoms with Crippen LogP contribution in [-0.4, -0.2) is 26.8 Å². The van der Waals surface area contributed by atoms with E-state index in [0.29, 0.717) is 10.9 Å². The number of nitrogens with two attached hydrogens (primary N) is 1. The summed E-state index contributed by atoms with van der Waals surface area (Å²) in [5, 5.41) is 9.32. The van der Waals surface area contributed by atoms with Gasteiger partial charge in [-0.3, -0.25) is 4.79 Å². The highest BCUT2D eigenvalue weighted by Crippen LogP contribution is 2.30. The van der Waals surface area contributed by atoms with E-state index in [1.54, 1.807) is 12.3 Å². The van der Waals surface area contributed by atoms with Crippen molar-refractivity contribution in [1.82, 2.24) is 4.98 Å². The van der Waals surface area contributed by atoms with Gasteiger partial charge in [-0.2, -0.15) is 0 Å². The van der Waals surface area contributed by atoms with Gasteiger partial charge in [0, 0.05) is 16.7 Å². The molecule has 94 valence electrons. The second-order valence-electron chi connectivity index (χ2n) is 4.19. The van der Waals surface area contributed by atoms with E-state index >= 15 is 0 Å². The van der Waals surface area contributed by atoms with Crippen LogP contribution in [0.25, 0.3) is 0 Å². The lowest BCUT2D eigenvalue weighted by atomic mass is 10.1. The Morgan fingerprint density at radius 1 is 1.71 bits per heavy atom. The van der Waals surface area contributed by atoms with Crippen LogP contribution in [0.2, 0.25) is 5.15 Å². The number of aliphatic carboxylic acids is 1. The fraction of sp³-hybridized carbons (Fsp3) is 0.455. The summed E-state index contributed by atoms with van der Waals surface area (Å²) in [6.45, 7) is 3.64. The first-order chi connectivity index (χ1) is 7.83. The molecule has 6 heteroatoms. The molecule has 1 atom stereocenters. The molecule has 1 aromatic rings. The molecule has 0 aromatic carbocycles. The number of pyridine rings is 1. The molecule has 0 fully saturated rings. The Kier molecular flexibility index (Phi) is 4.80. The summed E-state index contributed by atoms with van der Waals surface area (Å²) < 4.78 is -0.540. The maximum Gasteiger partial charge on any atom is 0.321 e. The number of carbonyl (C=O) groups is 1. The van der Waals surface area contributed by atoms with Gasteiger partial charge in [-0.1, -0.05) is 11.6 Å². The van der Waals surface area contributed by atoms with E-state index in [-0.39, 0.29) is 0 Å². The molecule has 1 heterocycles. The zero-order valence-electron chi connectivity index (χ0n) is 9.68. The van der Waals surface area contributed by atoms with Gasteiger partial charge < -0.3 is 10.8 Å². The molecule has 0 unspecified atom stereocenters. The Balaban J connectivity index is 2.64. The van der Waals surface area contributed by atoms with Crippen LogP contribution < -0.4 is 5.73 Å². The molecule has 0 saturated carbocycles. The fourth-order valence-corrected chi connectivity index (χ4v) is 2.38. The molecule has 0 aliphatic heterocycles.